The van der Waals surface area contributed by atoms with Crippen molar-refractivity contribution in [2.75, 3.05) is 13.2 Å². The Hall–Kier alpha value is -3.41. The zero-order valence-electron chi connectivity index (χ0n) is 16.2. The Morgan fingerprint density at radius 1 is 1.07 bits per heavy atom. The molecule has 0 bridgehead atoms. The molecular formula is C22H23N3O3. The number of carbonyl (C=O) groups excluding carboxylic acids is 1. The van der Waals surface area contributed by atoms with E-state index in [1.54, 1.807) is 11.6 Å². The highest BCUT2D eigenvalue weighted by molar-refractivity contribution is 5.92. The minimum atomic E-state index is -0.515. The van der Waals surface area contributed by atoms with E-state index >= 15 is 0 Å². The maximum absolute atomic E-state index is 12.4. The van der Waals surface area contributed by atoms with Crippen molar-refractivity contribution in [2.45, 2.75) is 20.8 Å². The van der Waals surface area contributed by atoms with E-state index in [0.717, 1.165) is 17.0 Å². The molecule has 6 heteroatoms. The van der Waals surface area contributed by atoms with Crippen molar-refractivity contribution >= 4 is 5.91 Å². The molecule has 3 aromatic rings. The van der Waals surface area contributed by atoms with E-state index in [9.17, 15) is 9.59 Å². The molecule has 0 saturated heterocycles. The molecule has 1 amide bonds. The van der Waals surface area contributed by atoms with Gasteiger partial charge in [-0.2, -0.15) is 5.10 Å². The van der Waals surface area contributed by atoms with E-state index in [2.05, 4.69) is 10.4 Å². The Kier molecular flexibility index (Phi) is 5.89. The molecule has 1 heterocycles. The smallest absolute Gasteiger partial charge is 0.275 e. The Balaban J connectivity index is 1.66. The third kappa shape index (κ3) is 4.46. The van der Waals surface area contributed by atoms with Gasteiger partial charge in [-0.25, -0.2) is 4.68 Å². The lowest BCUT2D eigenvalue weighted by atomic mass is 10.1. The van der Waals surface area contributed by atoms with Gasteiger partial charge < -0.3 is 10.1 Å². The topological polar surface area (TPSA) is 73.2 Å². The Morgan fingerprint density at radius 2 is 1.82 bits per heavy atom. The van der Waals surface area contributed by atoms with Crippen molar-refractivity contribution in [3.63, 3.8) is 0 Å². The fourth-order valence-electron chi connectivity index (χ4n) is 2.91. The maximum atomic E-state index is 12.4. The number of aryl methyl sites for hydroxylation is 3. The second-order valence-electron chi connectivity index (χ2n) is 6.62. The second kappa shape index (κ2) is 8.52. The average Bonchev–Trinajstić information content (AvgIpc) is 2.67. The molecule has 0 aliphatic heterocycles. The lowest BCUT2D eigenvalue weighted by Crippen LogP contribution is -2.34. The summed E-state index contributed by atoms with van der Waals surface area (Å²) in [4.78, 5) is 24.7. The minimum absolute atomic E-state index is 0.138. The molecular weight excluding hydrogens is 354 g/mol. The number of carbonyl (C=O) groups is 1. The zero-order chi connectivity index (χ0) is 20.1. The molecule has 6 nitrogen and oxygen atoms in total. The molecule has 0 fully saturated rings. The van der Waals surface area contributed by atoms with Crippen molar-refractivity contribution in [1.29, 1.82) is 0 Å². The molecule has 0 saturated carbocycles. The highest BCUT2D eigenvalue weighted by atomic mass is 16.5. The molecule has 1 N–H and O–H groups in total. The van der Waals surface area contributed by atoms with E-state index in [0.29, 0.717) is 12.3 Å². The van der Waals surface area contributed by atoms with Gasteiger partial charge in [0.15, 0.2) is 5.69 Å². The maximum Gasteiger partial charge on any atom is 0.275 e. The van der Waals surface area contributed by atoms with Crippen LogP contribution in [0.25, 0.3) is 5.69 Å². The number of ether oxygens (including phenoxy) is 1. The lowest BCUT2D eigenvalue weighted by molar-refractivity contribution is 0.0939. The van der Waals surface area contributed by atoms with Crippen LogP contribution in [0.1, 0.15) is 27.3 Å². The zero-order valence-corrected chi connectivity index (χ0v) is 16.2. The largest absolute Gasteiger partial charge is 0.491 e. The van der Waals surface area contributed by atoms with E-state index in [1.165, 1.54) is 11.6 Å². The van der Waals surface area contributed by atoms with Crippen molar-refractivity contribution < 1.29 is 9.53 Å². The van der Waals surface area contributed by atoms with Gasteiger partial charge in [-0.15, -0.1) is 0 Å². The fraction of sp³-hybridized carbons (Fsp3) is 0.227. The summed E-state index contributed by atoms with van der Waals surface area (Å²) in [5, 5.41) is 6.95. The number of hydrogen-bond acceptors (Lipinski definition) is 4. The molecule has 0 spiro atoms. The molecule has 28 heavy (non-hydrogen) atoms. The molecule has 1 aromatic heterocycles. The third-order valence-electron chi connectivity index (χ3n) is 4.30. The number of nitrogens with one attached hydrogen (secondary N) is 1. The van der Waals surface area contributed by atoms with Gasteiger partial charge in [-0.1, -0.05) is 35.9 Å². The van der Waals surface area contributed by atoms with Gasteiger partial charge in [0.2, 0.25) is 5.43 Å². The number of amides is 1. The number of hydrogen-bond donors (Lipinski definition) is 1. The SMILES string of the molecule is Cc1ccc(OCCNC(=O)c2nn(-c3ccccc3)c(C)cc2=O)c(C)c1. The average molecular weight is 377 g/mol. The quantitative estimate of drug-likeness (QED) is 0.671. The van der Waals surface area contributed by atoms with Crippen LogP contribution in [-0.2, 0) is 0 Å². The van der Waals surface area contributed by atoms with E-state index in [4.69, 9.17) is 4.74 Å². The first-order valence-corrected chi connectivity index (χ1v) is 9.10. The normalized spacial score (nSPS) is 10.5. The van der Waals surface area contributed by atoms with Crippen molar-refractivity contribution in [2.24, 2.45) is 0 Å². The van der Waals surface area contributed by atoms with Gasteiger partial charge in [0, 0.05) is 11.8 Å². The monoisotopic (exact) mass is 377 g/mol. The summed E-state index contributed by atoms with van der Waals surface area (Å²) in [6, 6.07) is 16.7. The van der Waals surface area contributed by atoms with Crippen LogP contribution in [-0.4, -0.2) is 28.8 Å². The number of nitrogens with zero attached hydrogens (tertiary/aromatic N) is 2. The summed E-state index contributed by atoms with van der Waals surface area (Å²) in [6.45, 7) is 6.35. The van der Waals surface area contributed by atoms with Crippen molar-refractivity contribution in [1.82, 2.24) is 15.1 Å². The van der Waals surface area contributed by atoms with Crippen LogP contribution < -0.4 is 15.5 Å². The Morgan fingerprint density at radius 3 is 2.54 bits per heavy atom. The van der Waals surface area contributed by atoms with Crippen LogP contribution >= 0.6 is 0 Å². The molecule has 144 valence electrons. The van der Waals surface area contributed by atoms with Crippen LogP contribution in [0.3, 0.4) is 0 Å². The highest BCUT2D eigenvalue weighted by Crippen LogP contribution is 2.18. The predicted molar refractivity (Wildman–Crippen MR) is 108 cm³/mol. The molecule has 3 rings (SSSR count). The van der Waals surface area contributed by atoms with Crippen molar-refractivity contribution in [3.05, 3.63) is 87.3 Å². The standard InChI is InChI=1S/C22H23N3O3/c1-15-9-10-20(16(2)13-15)28-12-11-23-22(27)21-19(26)14-17(3)25(24-21)18-7-5-4-6-8-18/h4-10,13-14H,11-12H2,1-3H3,(H,23,27). The minimum Gasteiger partial charge on any atom is -0.491 e. The van der Waals surface area contributed by atoms with Gasteiger partial charge in [0.1, 0.15) is 12.4 Å². The van der Waals surface area contributed by atoms with E-state index in [1.807, 2.05) is 62.4 Å². The third-order valence-corrected chi connectivity index (χ3v) is 4.30. The molecule has 0 aliphatic carbocycles. The Labute approximate surface area is 163 Å². The van der Waals surface area contributed by atoms with Crippen molar-refractivity contribution in [3.8, 4) is 11.4 Å². The first-order chi connectivity index (χ1) is 13.5. The first-order valence-electron chi connectivity index (χ1n) is 9.10. The Bertz CT molecular complexity index is 1040. The molecule has 0 aliphatic rings. The summed E-state index contributed by atoms with van der Waals surface area (Å²) >= 11 is 0. The molecule has 0 atom stereocenters. The van der Waals surface area contributed by atoms with E-state index in [-0.39, 0.29) is 12.2 Å². The van der Waals surface area contributed by atoms with Crippen LogP contribution in [0.15, 0.2) is 59.4 Å². The van der Waals surface area contributed by atoms with Crippen LogP contribution in [0.2, 0.25) is 0 Å². The summed E-state index contributed by atoms with van der Waals surface area (Å²) in [7, 11) is 0. The summed E-state index contributed by atoms with van der Waals surface area (Å²) < 4.78 is 7.29. The van der Waals surface area contributed by atoms with Gasteiger partial charge in [-0.3, -0.25) is 9.59 Å². The predicted octanol–water partition coefficient (Wildman–Crippen LogP) is 2.97. The highest BCUT2D eigenvalue weighted by Gasteiger charge is 2.15. The lowest BCUT2D eigenvalue weighted by Gasteiger charge is -2.12. The first kappa shape index (κ1) is 19.4. The summed E-state index contributed by atoms with van der Waals surface area (Å²) in [5.41, 5.74) is 3.10. The summed E-state index contributed by atoms with van der Waals surface area (Å²) in [5.74, 6) is 0.263. The van der Waals surface area contributed by atoms with Gasteiger partial charge >= 0.3 is 0 Å². The number of benzene rings is 2. The van der Waals surface area contributed by atoms with Gasteiger partial charge in [0.25, 0.3) is 5.91 Å². The second-order valence-corrected chi connectivity index (χ2v) is 6.62. The number of rotatable bonds is 6. The van der Waals surface area contributed by atoms with Gasteiger partial charge in [-0.05, 0) is 44.5 Å². The van der Waals surface area contributed by atoms with Crippen LogP contribution in [0, 0.1) is 20.8 Å². The molecule has 2 aromatic carbocycles. The number of para-hydroxylation sites is 1. The summed E-state index contributed by atoms with van der Waals surface area (Å²) in [6.07, 6.45) is 0. The molecule has 0 unspecified atom stereocenters. The van der Waals surface area contributed by atoms with Gasteiger partial charge in [0.05, 0.1) is 12.2 Å². The molecule has 0 radical (unpaired) electrons. The fourth-order valence-corrected chi connectivity index (χ4v) is 2.91. The van der Waals surface area contributed by atoms with Crippen LogP contribution in [0.5, 0.6) is 5.75 Å². The van der Waals surface area contributed by atoms with Crippen LogP contribution in [0.4, 0.5) is 0 Å². The number of aromatic nitrogens is 2. The van der Waals surface area contributed by atoms with E-state index < -0.39 is 11.3 Å².